The highest BCUT2D eigenvalue weighted by atomic mass is 19.4. The number of rotatable bonds is 3. The van der Waals surface area contributed by atoms with Crippen molar-refractivity contribution in [1.29, 1.82) is 0 Å². The zero-order valence-electron chi connectivity index (χ0n) is 16.6. The van der Waals surface area contributed by atoms with Crippen LogP contribution >= 0.6 is 0 Å². The third kappa shape index (κ3) is 3.80. The summed E-state index contributed by atoms with van der Waals surface area (Å²) in [6, 6.07) is 4.54. The minimum Gasteiger partial charge on any atom is -0.388 e. The number of alkyl halides is 3. The molecule has 1 unspecified atom stereocenters. The van der Waals surface area contributed by atoms with Crippen molar-refractivity contribution in [2.45, 2.75) is 65.3 Å². The second kappa shape index (κ2) is 7.16. The van der Waals surface area contributed by atoms with Gasteiger partial charge in [0, 0.05) is 22.5 Å². The van der Waals surface area contributed by atoms with E-state index in [4.69, 9.17) is 4.98 Å². The molecule has 0 spiro atoms. The maximum Gasteiger partial charge on any atom is 0.416 e. The molecule has 3 rings (SSSR count). The number of hydrogen-bond donors (Lipinski definition) is 2. The summed E-state index contributed by atoms with van der Waals surface area (Å²) in [6.45, 7) is 7.96. The SMILES string of the molecule is CCc1nc2c(c(C)c1[C@@H](O)c1ccc(C(F)(F)F)cc1)C(O)CC(C)(C)C2. The Labute approximate surface area is 163 Å². The maximum atomic E-state index is 12.8. The molecule has 1 aliphatic rings. The molecule has 0 aliphatic heterocycles. The zero-order valence-corrected chi connectivity index (χ0v) is 16.6. The minimum atomic E-state index is -4.42. The molecule has 3 nitrogen and oxygen atoms in total. The molecule has 2 N–H and O–H groups in total. The van der Waals surface area contributed by atoms with Crippen molar-refractivity contribution in [3.8, 4) is 0 Å². The number of hydrogen-bond acceptors (Lipinski definition) is 3. The smallest absolute Gasteiger partial charge is 0.388 e. The van der Waals surface area contributed by atoms with Gasteiger partial charge in [0.25, 0.3) is 0 Å². The fraction of sp³-hybridized carbons (Fsp3) is 0.500. The van der Waals surface area contributed by atoms with Gasteiger partial charge in [-0.25, -0.2) is 0 Å². The molecule has 1 heterocycles. The Morgan fingerprint density at radius 3 is 2.36 bits per heavy atom. The van der Waals surface area contributed by atoms with Gasteiger partial charge in [0.2, 0.25) is 0 Å². The molecule has 0 radical (unpaired) electrons. The van der Waals surface area contributed by atoms with E-state index in [0.29, 0.717) is 29.7 Å². The van der Waals surface area contributed by atoms with Crippen molar-refractivity contribution in [3.63, 3.8) is 0 Å². The average Bonchev–Trinajstić information content (AvgIpc) is 2.58. The summed E-state index contributed by atoms with van der Waals surface area (Å²) in [7, 11) is 0. The molecule has 1 aliphatic carbocycles. The molecule has 0 amide bonds. The van der Waals surface area contributed by atoms with Gasteiger partial charge in [-0.3, -0.25) is 4.98 Å². The third-order valence-corrected chi connectivity index (χ3v) is 5.59. The Balaban J connectivity index is 2.08. The molecule has 6 heteroatoms. The van der Waals surface area contributed by atoms with Crippen molar-refractivity contribution < 1.29 is 23.4 Å². The third-order valence-electron chi connectivity index (χ3n) is 5.59. The number of halogens is 3. The van der Waals surface area contributed by atoms with Crippen LogP contribution in [0.2, 0.25) is 0 Å². The molecule has 1 aromatic heterocycles. The van der Waals surface area contributed by atoms with Crippen molar-refractivity contribution in [1.82, 2.24) is 4.98 Å². The molecule has 0 saturated heterocycles. The van der Waals surface area contributed by atoms with Gasteiger partial charge in [-0.05, 0) is 54.9 Å². The van der Waals surface area contributed by atoms with Crippen LogP contribution in [0.1, 0.15) is 78.6 Å². The van der Waals surface area contributed by atoms with E-state index in [1.807, 2.05) is 13.8 Å². The van der Waals surface area contributed by atoms with Crippen LogP contribution in [0.5, 0.6) is 0 Å². The lowest BCUT2D eigenvalue weighted by molar-refractivity contribution is -0.137. The first-order valence-corrected chi connectivity index (χ1v) is 9.50. The topological polar surface area (TPSA) is 53.4 Å². The Morgan fingerprint density at radius 2 is 1.82 bits per heavy atom. The van der Waals surface area contributed by atoms with Crippen LogP contribution in [0.3, 0.4) is 0 Å². The number of aliphatic hydroxyl groups is 2. The van der Waals surface area contributed by atoms with Crippen LogP contribution < -0.4 is 0 Å². The average molecular weight is 393 g/mol. The largest absolute Gasteiger partial charge is 0.416 e. The van der Waals surface area contributed by atoms with E-state index >= 15 is 0 Å². The summed E-state index contributed by atoms with van der Waals surface area (Å²) < 4.78 is 38.5. The van der Waals surface area contributed by atoms with E-state index in [1.54, 1.807) is 0 Å². The van der Waals surface area contributed by atoms with Gasteiger partial charge in [-0.15, -0.1) is 0 Å². The van der Waals surface area contributed by atoms with E-state index in [1.165, 1.54) is 12.1 Å². The summed E-state index contributed by atoms with van der Waals surface area (Å²) >= 11 is 0. The Hall–Kier alpha value is -1.92. The van der Waals surface area contributed by atoms with Crippen molar-refractivity contribution in [2.24, 2.45) is 5.41 Å². The van der Waals surface area contributed by atoms with Crippen LogP contribution in [0, 0.1) is 12.3 Å². The normalized spacial score (nSPS) is 20.0. The Morgan fingerprint density at radius 1 is 1.21 bits per heavy atom. The lowest BCUT2D eigenvalue weighted by Gasteiger charge is -2.36. The number of fused-ring (bicyclic) bond motifs is 1. The summed E-state index contributed by atoms with van der Waals surface area (Å²) in [5.41, 5.74) is 3.23. The van der Waals surface area contributed by atoms with E-state index < -0.39 is 23.9 Å². The number of aliphatic hydroxyl groups excluding tert-OH is 2. The fourth-order valence-corrected chi connectivity index (χ4v) is 4.24. The predicted octanol–water partition coefficient (Wildman–Crippen LogP) is 5.06. The lowest BCUT2D eigenvalue weighted by atomic mass is 9.73. The van der Waals surface area contributed by atoms with Gasteiger partial charge in [-0.2, -0.15) is 13.2 Å². The first-order valence-electron chi connectivity index (χ1n) is 9.50. The van der Waals surface area contributed by atoms with E-state index in [-0.39, 0.29) is 5.41 Å². The predicted molar refractivity (Wildman–Crippen MR) is 101 cm³/mol. The van der Waals surface area contributed by atoms with Gasteiger partial charge in [0.1, 0.15) is 6.10 Å². The second-order valence-corrected chi connectivity index (χ2v) is 8.39. The Kier molecular flexibility index (Phi) is 5.32. The summed E-state index contributed by atoms with van der Waals surface area (Å²) in [5.74, 6) is 0. The highest BCUT2D eigenvalue weighted by molar-refractivity contribution is 5.47. The standard InChI is InChI=1S/C22H26F3NO2/c1-5-15-19(20(28)13-6-8-14(9-7-13)22(23,24)25)12(2)18-16(26-15)10-21(3,4)11-17(18)27/h6-9,17,20,27-28H,5,10-11H2,1-4H3/t17?,20-/m0/s1. The van der Waals surface area contributed by atoms with Crippen LogP contribution in [0.4, 0.5) is 13.2 Å². The summed E-state index contributed by atoms with van der Waals surface area (Å²) in [4.78, 5) is 4.74. The number of nitrogens with zero attached hydrogens (tertiary/aromatic N) is 1. The van der Waals surface area contributed by atoms with Gasteiger partial charge in [0.05, 0.1) is 11.7 Å². The molecular weight excluding hydrogens is 367 g/mol. The van der Waals surface area contributed by atoms with Gasteiger partial charge in [0.15, 0.2) is 0 Å². The minimum absolute atomic E-state index is 0.0651. The van der Waals surface area contributed by atoms with Crippen molar-refractivity contribution in [2.75, 3.05) is 0 Å². The zero-order chi connectivity index (χ0) is 20.9. The van der Waals surface area contributed by atoms with Gasteiger partial charge in [-0.1, -0.05) is 32.9 Å². The molecule has 2 atom stereocenters. The van der Waals surface area contributed by atoms with E-state index in [0.717, 1.165) is 35.4 Å². The van der Waals surface area contributed by atoms with E-state index in [9.17, 15) is 23.4 Å². The number of pyridine rings is 1. The van der Waals surface area contributed by atoms with Crippen LogP contribution in [0.15, 0.2) is 24.3 Å². The van der Waals surface area contributed by atoms with Crippen LogP contribution in [-0.4, -0.2) is 15.2 Å². The first-order chi connectivity index (χ1) is 12.9. The Bertz CT molecular complexity index is 873. The second-order valence-electron chi connectivity index (χ2n) is 8.39. The maximum absolute atomic E-state index is 12.8. The van der Waals surface area contributed by atoms with Crippen LogP contribution in [-0.2, 0) is 19.0 Å². The number of benzene rings is 1. The molecule has 1 aromatic carbocycles. The van der Waals surface area contributed by atoms with Gasteiger partial charge >= 0.3 is 6.18 Å². The molecule has 28 heavy (non-hydrogen) atoms. The molecule has 0 fully saturated rings. The fourth-order valence-electron chi connectivity index (χ4n) is 4.24. The lowest BCUT2D eigenvalue weighted by Crippen LogP contribution is -2.29. The molecule has 0 saturated carbocycles. The molecule has 152 valence electrons. The monoisotopic (exact) mass is 393 g/mol. The molecule has 2 aromatic rings. The highest BCUT2D eigenvalue weighted by Crippen LogP contribution is 2.44. The van der Waals surface area contributed by atoms with Crippen molar-refractivity contribution >= 4 is 0 Å². The highest BCUT2D eigenvalue weighted by Gasteiger charge is 2.36. The van der Waals surface area contributed by atoms with Gasteiger partial charge < -0.3 is 10.2 Å². The first kappa shape index (κ1) is 20.8. The number of aromatic nitrogens is 1. The van der Waals surface area contributed by atoms with Crippen LogP contribution in [0.25, 0.3) is 0 Å². The number of aryl methyl sites for hydroxylation is 1. The van der Waals surface area contributed by atoms with Crippen molar-refractivity contribution in [3.05, 3.63) is 63.5 Å². The van der Waals surface area contributed by atoms with E-state index in [2.05, 4.69) is 13.8 Å². The molecular formula is C22H26F3NO2. The molecule has 0 bridgehead atoms. The quantitative estimate of drug-likeness (QED) is 0.767. The summed E-state index contributed by atoms with van der Waals surface area (Å²) in [5, 5.41) is 21.7. The summed E-state index contributed by atoms with van der Waals surface area (Å²) in [6.07, 6.45) is -4.27.